The molecule has 1 aliphatic carbocycles. The van der Waals surface area contributed by atoms with Gasteiger partial charge in [0.2, 0.25) is 0 Å². The van der Waals surface area contributed by atoms with E-state index in [9.17, 15) is 45.4 Å². The van der Waals surface area contributed by atoms with E-state index in [4.69, 9.17) is 0 Å². The molecule has 0 aliphatic heterocycles. The number of benzene rings is 2. The van der Waals surface area contributed by atoms with Crippen LogP contribution in [-0.4, -0.2) is 48.6 Å². The number of carboxylic acids is 1. The first kappa shape index (κ1) is 18.8. The molecule has 12 heteroatoms. The summed E-state index contributed by atoms with van der Waals surface area (Å²) in [6.45, 7) is 0. The van der Waals surface area contributed by atoms with E-state index in [1.807, 2.05) is 0 Å². The third-order valence-electron chi connectivity index (χ3n) is 3.88. The van der Waals surface area contributed by atoms with Crippen LogP contribution in [0.3, 0.4) is 0 Å². The van der Waals surface area contributed by atoms with Gasteiger partial charge in [-0.15, -0.1) is 0 Å². The van der Waals surface area contributed by atoms with Crippen molar-refractivity contribution in [3.05, 3.63) is 58.1 Å². The van der Waals surface area contributed by atoms with Crippen LogP contribution in [0.5, 0.6) is 0 Å². The molecule has 0 amide bonds. The molecule has 2 aromatic carbocycles. The maximum absolute atomic E-state index is 12.7. The number of rotatable bonds is 3. The highest BCUT2D eigenvalue weighted by Gasteiger charge is 2.41. The topological polar surface area (TPSA) is 180 Å². The van der Waals surface area contributed by atoms with E-state index in [-0.39, 0.29) is 11.1 Å². The van der Waals surface area contributed by atoms with Crippen LogP contribution in [0.1, 0.15) is 42.2 Å². The van der Waals surface area contributed by atoms with Gasteiger partial charge in [-0.2, -0.15) is 16.8 Å². The average Bonchev–Trinajstić information content (AvgIpc) is 2.56. The van der Waals surface area contributed by atoms with E-state index >= 15 is 0 Å². The first-order valence-electron chi connectivity index (χ1n) is 6.93. The van der Waals surface area contributed by atoms with Crippen LogP contribution >= 0.6 is 0 Å². The molecular formula is C15H8O10S2. The summed E-state index contributed by atoms with van der Waals surface area (Å²) in [5.74, 6) is -4.23. The molecule has 0 atom stereocenters. The van der Waals surface area contributed by atoms with Crippen molar-refractivity contribution in [1.82, 2.24) is 0 Å². The molecule has 3 rings (SSSR count). The first-order chi connectivity index (χ1) is 12.4. The van der Waals surface area contributed by atoms with Crippen molar-refractivity contribution in [2.75, 3.05) is 0 Å². The van der Waals surface area contributed by atoms with Crippen LogP contribution in [0.2, 0.25) is 0 Å². The Morgan fingerprint density at radius 1 is 0.815 bits per heavy atom. The second kappa shape index (κ2) is 5.79. The predicted molar refractivity (Wildman–Crippen MR) is 86.3 cm³/mol. The zero-order valence-electron chi connectivity index (χ0n) is 12.9. The van der Waals surface area contributed by atoms with E-state index in [0.29, 0.717) is 6.07 Å². The summed E-state index contributed by atoms with van der Waals surface area (Å²) in [5, 5.41) is 9.27. The summed E-state index contributed by atoms with van der Waals surface area (Å²) in [4.78, 5) is 33.9. The number of aromatic carboxylic acids is 1. The number of hydrogen-bond donors (Lipinski definition) is 3. The lowest BCUT2D eigenvalue weighted by atomic mass is 9.83. The summed E-state index contributed by atoms with van der Waals surface area (Å²) in [6.07, 6.45) is 0. The van der Waals surface area contributed by atoms with Crippen molar-refractivity contribution in [3.63, 3.8) is 0 Å². The minimum Gasteiger partial charge on any atom is -0.478 e. The molecule has 10 nitrogen and oxygen atoms in total. The Morgan fingerprint density at radius 2 is 1.33 bits per heavy atom. The molecule has 0 spiro atoms. The molecule has 0 fully saturated rings. The van der Waals surface area contributed by atoms with Gasteiger partial charge in [-0.3, -0.25) is 18.7 Å². The van der Waals surface area contributed by atoms with Gasteiger partial charge in [0.15, 0.2) is 11.6 Å². The van der Waals surface area contributed by atoms with Gasteiger partial charge in [0.1, 0.15) is 15.4 Å². The molecule has 0 bridgehead atoms. The van der Waals surface area contributed by atoms with Crippen molar-refractivity contribution < 1.29 is 45.4 Å². The minimum absolute atomic E-state index is 0.180. The summed E-state index contributed by atoms with van der Waals surface area (Å²) < 4.78 is 65.6. The van der Waals surface area contributed by atoms with Gasteiger partial charge in [0.25, 0.3) is 20.2 Å². The van der Waals surface area contributed by atoms with Gasteiger partial charge >= 0.3 is 5.97 Å². The molecule has 0 aromatic heterocycles. The van der Waals surface area contributed by atoms with Gasteiger partial charge < -0.3 is 5.11 Å². The van der Waals surface area contributed by atoms with Gasteiger partial charge in [-0.25, -0.2) is 4.79 Å². The molecule has 0 heterocycles. The first-order valence-corrected chi connectivity index (χ1v) is 9.81. The lowest BCUT2D eigenvalue weighted by molar-refractivity contribution is 0.0686. The van der Waals surface area contributed by atoms with Gasteiger partial charge in [0, 0.05) is 16.7 Å². The highest BCUT2D eigenvalue weighted by Crippen LogP contribution is 2.36. The van der Waals surface area contributed by atoms with Gasteiger partial charge in [0.05, 0.1) is 5.56 Å². The average molecular weight is 412 g/mol. The summed E-state index contributed by atoms with van der Waals surface area (Å²) in [5.41, 5.74) is -3.73. The normalized spacial score (nSPS) is 13.9. The van der Waals surface area contributed by atoms with Crippen LogP contribution in [0, 0.1) is 0 Å². The minimum atomic E-state index is -5.49. The second-order valence-electron chi connectivity index (χ2n) is 5.46. The highest BCUT2D eigenvalue weighted by atomic mass is 32.2. The molecule has 140 valence electrons. The second-order valence-corrected chi connectivity index (χ2v) is 8.21. The number of fused-ring (bicyclic) bond motifs is 2. The number of carbonyl (C=O) groups excluding carboxylic acids is 2. The van der Waals surface area contributed by atoms with Crippen LogP contribution in [0.15, 0.2) is 40.1 Å². The Bertz CT molecular complexity index is 1270. The SMILES string of the molecule is O=C1c2ccccc2C(=O)c2c1cc(S(=O)(=O)O)c(C(=O)O)c2S(=O)(=O)O. The fourth-order valence-electron chi connectivity index (χ4n) is 2.86. The van der Waals surface area contributed by atoms with Crippen LogP contribution < -0.4 is 0 Å². The van der Waals surface area contributed by atoms with E-state index in [0.717, 1.165) is 0 Å². The molecule has 3 N–H and O–H groups in total. The van der Waals surface area contributed by atoms with Crippen molar-refractivity contribution >= 4 is 37.8 Å². The van der Waals surface area contributed by atoms with E-state index in [2.05, 4.69) is 0 Å². The molecule has 2 aromatic rings. The van der Waals surface area contributed by atoms with E-state index in [1.165, 1.54) is 24.3 Å². The fourth-order valence-corrected chi connectivity index (χ4v) is 4.56. The molecule has 0 saturated carbocycles. The number of ketones is 2. The Hall–Kier alpha value is -2.93. The van der Waals surface area contributed by atoms with Crippen LogP contribution in [-0.2, 0) is 20.2 Å². The molecule has 0 unspecified atom stereocenters. The van der Waals surface area contributed by atoms with Gasteiger partial charge in [-0.1, -0.05) is 24.3 Å². The quantitative estimate of drug-likeness (QED) is 0.517. The zero-order valence-corrected chi connectivity index (χ0v) is 14.5. The lowest BCUT2D eigenvalue weighted by Crippen LogP contribution is -2.27. The predicted octanol–water partition coefficient (Wildman–Crippen LogP) is 0.654. The highest BCUT2D eigenvalue weighted by molar-refractivity contribution is 7.87. The molecule has 27 heavy (non-hydrogen) atoms. The number of carbonyl (C=O) groups is 3. The largest absolute Gasteiger partial charge is 0.478 e. The molecule has 0 radical (unpaired) electrons. The third-order valence-corrected chi connectivity index (χ3v) is 5.68. The van der Waals surface area contributed by atoms with E-state index in [1.54, 1.807) is 0 Å². The van der Waals surface area contributed by atoms with Crippen molar-refractivity contribution in [1.29, 1.82) is 0 Å². The van der Waals surface area contributed by atoms with Crippen molar-refractivity contribution in [2.24, 2.45) is 0 Å². The monoisotopic (exact) mass is 412 g/mol. The van der Waals surface area contributed by atoms with Crippen LogP contribution in [0.25, 0.3) is 0 Å². The van der Waals surface area contributed by atoms with Crippen LogP contribution in [0.4, 0.5) is 0 Å². The standard InChI is InChI=1S/C15H8O10S2/c16-12-6-3-1-2-4-7(6)13(17)10-8(12)5-9(26(20,21)22)11(15(18)19)14(10)27(23,24)25/h1-5H,(H,18,19)(H,20,21,22)(H,23,24,25). The Morgan fingerprint density at radius 3 is 1.78 bits per heavy atom. The molecule has 1 aliphatic rings. The maximum Gasteiger partial charge on any atom is 0.338 e. The van der Waals surface area contributed by atoms with Gasteiger partial charge in [-0.05, 0) is 6.07 Å². The summed E-state index contributed by atoms with van der Waals surface area (Å²) in [7, 11) is -10.8. The molecular weight excluding hydrogens is 404 g/mol. The summed E-state index contributed by atoms with van der Waals surface area (Å²) >= 11 is 0. The fraction of sp³-hybridized carbons (Fsp3) is 0. The van der Waals surface area contributed by atoms with Crippen molar-refractivity contribution in [3.8, 4) is 0 Å². The number of hydrogen-bond acceptors (Lipinski definition) is 7. The molecule has 0 saturated heterocycles. The lowest BCUT2D eigenvalue weighted by Gasteiger charge is -2.21. The maximum atomic E-state index is 12.7. The van der Waals surface area contributed by atoms with E-state index < -0.39 is 64.3 Å². The Kier molecular flexibility index (Phi) is 4.04. The smallest absolute Gasteiger partial charge is 0.338 e. The third kappa shape index (κ3) is 2.84. The zero-order chi connectivity index (χ0) is 20.3. The Labute approximate surface area is 151 Å². The van der Waals surface area contributed by atoms with Crippen molar-refractivity contribution in [2.45, 2.75) is 9.79 Å². The summed E-state index contributed by atoms with van der Waals surface area (Å²) in [6, 6.07) is 5.58. The number of carboxylic acid groups (broad SMARTS) is 1. The Balaban J connectivity index is 2.63.